The van der Waals surface area contributed by atoms with Gasteiger partial charge >= 0.3 is 17.9 Å². The fourth-order valence-corrected chi connectivity index (χ4v) is 7.45. The van der Waals surface area contributed by atoms with E-state index in [0.717, 1.165) is 96.3 Å². The van der Waals surface area contributed by atoms with Crippen molar-refractivity contribution in [3.05, 3.63) is 72.9 Å². The highest BCUT2D eigenvalue weighted by atomic mass is 16.6. The van der Waals surface area contributed by atoms with Gasteiger partial charge in [-0.2, -0.15) is 0 Å². The Morgan fingerprint density at radius 3 is 0.953 bits per heavy atom. The minimum atomic E-state index is -0.788. The Morgan fingerprint density at radius 2 is 0.609 bits per heavy atom. The van der Waals surface area contributed by atoms with Crippen LogP contribution in [0.15, 0.2) is 72.9 Å². The second-order valence-electron chi connectivity index (χ2n) is 17.8. The van der Waals surface area contributed by atoms with Crippen molar-refractivity contribution in [1.82, 2.24) is 0 Å². The maximum Gasteiger partial charge on any atom is 0.306 e. The molecule has 0 aromatic carbocycles. The molecule has 0 heterocycles. The minimum absolute atomic E-state index is 0.0877. The fourth-order valence-electron chi connectivity index (χ4n) is 7.45. The minimum Gasteiger partial charge on any atom is -0.462 e. The summed E-state index contributed by atoms with van der Waals surface area (Å²) >= 11 is 0. The fraction of sp³-hybridized carbons (Fsp3) is 0.741. The van der Waals surface area contributed by atoms with Gasteiger partial charge in [-0.1, -0.05) is 241 Å². The molecular formula is C58H100O6. The molecule has 0 spiro atoms. The Balaban J connectivity index is 4.26. The number of unbranched alkanes of at least 4 members (excludes halogenated alkanes) is 25. The summed E-state index contributed by atoms with van der Waals surface area (Å²) in [4.78, 5) is 37.8. The lowest BCUT2D eigenvalue weighted by atomic mass is 10.0. The summed E-state index contributed by atoms with van der Waals surface area (Å²) in [5.41, 5.74) is 0. The molecule has 0 aliphatic carbocycles. The van der Waals surface area contributed by atoms with E-state index in [0.29, 0.717) is 19.3 Å². The van der Waals surface area contributed by atoms with E-state index < -0.39 is 6.10 Å². The van der Waals surface area contributed by atoms with Crippen LogP contribution in [0.5, 0.6) is 0 Å². The molecule has 0 saturated heterocycles. The highest BCUT2D eigenvalue weighted by Crippen LogP contribution is 2.16. The average Bonchev–Trinajstić information content (AvgIpc) is 3.29. The van der Waals surface area contributed by atoms with Crippen LogP contribution in [0.3, 0.4) is 0 Å². The molecule has 6 heteroatoms. The first-order valence-electron chi connectivity index (χ1n) is 26.9. The maximum atomic E-state index is 12.8. The molecule has 0 rings (SSSR count). The number of hydrogen-bond donors (Lipinski definition) is 0. The number of carbonyl (C=O) groups excluding carboxylic acids is 3. The zero-order valence-electron chi connectivity index (χ0n) is 42.0. The van der Waals surface area contributed by atoms with E-state index in [1.807, 2.05) is 0 Å². The van der Waals surface area contributed by atoms with E-state index in [9.17, 15) is 14.4 Å². The van der Waals surface area contributed by atoms with Crippen LogP contribution in [0.1, 0.15) is 258 Å². The molecule has 0 aromatic heterocycles. The molecule has 1 atom stereocenters. The first kappa shape index (κ1) is 60.9. The van der Waals surface area contributed by atoms with Gasteiger partial charge in [0, 0.05) is 19.3 Å². The standard InChI is InChI=1S/C58H100O6/c1-4-7-10-13-16-18-20-22-24-26-28-29-31-32-34-36-38-40-42-45-48-51-57(60)63-54-55(53-62-56(59)50-47-44-15-12-9-6-3)64-58(61)52-49-46-43-41-39-37-35-33-30-27-25-23-21-19-17-14-11-8-5-2/h7,10,16,18,22,24,28-29,32,34,38,40,55H,4-6,8-9,11-15,17,19-21,23,25-27,30-31,33,35-37,39,41-54H2,1-3H3/b10-7-,18-16-,24-22-,29-28-,34-32-,40-38-. The number of hydrogen-bond acceptors (Lipinski definition) is 6. The van der Waals surface area contributed by atoms with E-state index >= 15 is 0 Å². The third kappa shape index (κ3) is 49.9. The van der Waals surface area contributed by atoms with E-state index in [4.69, 9.17) is 14.2 Å². The Kier molecular flexibility index (Phi) is 49.9. The molecule has 1 unspecified atom stereocenters. The van der Waals surface area contributed by atoms with Crippen LogP contribution in [0.2, 0.25) is 0 Å². The van der Waals surface area contributed by atoms with Gasteiger partial charge in [0.2, 0.25) is 0 Å². The molecular weight excluding hydrogens is 793 g/mol. The van der Waals surface area contributed by atoms with Gasteiger partial charge < -0.3 is 14.2 Å². The van der Waals surface area contributed by atoms with Gasteiger partial charge in [0.25, 0.3) is 0 Å². The van der Waals surface area contributed by atoms with Gasteiger partial charge in [0.15, 0.2) is 6.10 Å². The van der Waals surface area contributed by atoms with E-state index in [-0.39, 0.29) is 31.1 Å². The monoisotopic (exact) mass is 893 g/mol. The molecule has 0 aliphatic heterocycles. The van der Waals surface area contributed by atoms with E-state index in [1.54, 1.807) is 0 Å². The van der Waals surface area contributed by atoms with Crippen molar-refractivity contribution >= 4 is 17.9 Å². The lowest BCUT2D eigenvalue weighted by Gasteiger charge is -2.18. The van der Waals surface area contributed by atoms with Gasteiger partial charge in [-0.3, -0.25) is 14.4 Å². The Labute approximate surface area is 395 Å². The molecule has 64 heavy (non-hydrogen) atoms. The largest absolute Gasteiger partial charge is 0.462 e. The summed E-state index contributed by atoms with van der Waals surface area (Å²) in [6, 6.07) is 0. The van der Waals surface area contributed by atoms with Crippen LogP contribution >= 0.6 is 0 Å². The number of allylic oxidation sites excluding steroid dienone is 12. The Hall–Kier alpha value is -3.15. The summed E-state index contributed by atoms with van der Waals surface area (Å²) in [6.45, 7) is 6.44. The molecule has 0 amide bonds. The molecule has 0 fully saturated rings. The highest BCUT2D eigenvalue weighted by molar-refractivity contribution is 5.71. The van der Waals surface area contributed by atoms with E-state index in [1.165, 1.54) is 122 Å². The predicted octanol–water partition coefficient (Wildman–Crippen LogP) is 17.8. The first-order valence-corrected chi connectivity index (χ1v) is 26.9. The second-order valence-corrected chi connectivity index (χ2v) is 17.8. The van der Waals surface area contributed by atoms with E-state index in [2.05, 4.69) is 93.7 Å². The van der Waals surface area contributed by atoms with Crippen LogP contribution in [0.25, 0.3) is 0 Å². The zero-order chi connectivity index (χ0) is 46.5. The van der Waals surface area contributed by atoms with Crippen LogP contribution in [-0.2, 0) is 28.6 Å². The lowest BCUT2D eigenvalue weighted by Crippen LogP contribution is -2.30. The SMILES string of the molecule is CC/C=C\C/C=C\C/C=C\C/C=C\C/C=C\C/C=C\CCCCC(=O)OCC(COC(=O)CCCCCCCC)OC(=O)CCCCCCCCCCCCCCCCCCCCC. The zero-order valence-corrected chi connectivity index (χ0v) is 42.0. The molecule has 0 bridgehead atoms. The number of carbonyl (C=O) groups is 3. The number of ether oxygens (including phenoxy) is 3. The van der Waals surface area contributed by atoms with Crippen LogP contribution in [0, 0.1) is 0 Å². The summed E-state index contributed by atoms with van der Waals surface area (Å²) in [5.74, 6) is -0.937. The molecule has 0 N–H and O–H groups in total. The van der Waals surface area contributed by atoms with Crippen molar-refractivity contribution < 1.29 is 28.6 Å². The predicted molar refractivity (Wildman–Crippen MR) is 274 cm³/mol. The maximum absolute atomic E-state index is 12.8. The summed E-state index contributed by atoms with van der Waals surface area (Å²) in [5, 5.41) is 0. The van der Waals surface area contributed by atoms with Gasteiger partial charge in [0.05, 0.1) is 0 Å². The van der Waals surface area contributed by atoms with Crippen LogP contribution < -0.4 is 0 Å². The molecule has 0 saturated carbocycles. The summed E-state index contributed by atoms with van der Waals surface area (Å²) in [7, 11) is 0. The Bertz CT molecular complexity index is 1210. The van der Waals surface area contributed by atoms with Crippen LogP contribution in [0.4, 0.5) is 0 Å². The van der Waals surface area contributed by atoms with Crippen molar-refractivity contribution in [2.24, 2.45) is 0 Å². The first-order chi connectivity index (χ1) is 31.5. The topological polar surface area (TPSA) is 78.9 Å². The normalized spacial score (nSPS) is 12.6. The number of rotatable bonds is 48. The molecule has 6 nitrogen and oxygen atoms in total. The number of esters is 3. The molecule has 368 valence electrons. The van der Waals surface area contributed by atoms with Crippen LogP contribution in [-0.4, -0.2) is 37.2 Å². The molecule has 0 aliphatic rings. The summed E-state index contributed by atoms with van der Waals surface area (Å²) < 4.78 is 16.7. The third-order valence-electron chi connectivity index (χ3n) is 11.5. The van der Waals surface area contributed by atoms with Crippen molar-refractivity contribution in [3.63, 3.8) is 0 Å². The van der Waals surface area contributed by atoms with Crippen molar-refractivity contribution in [2.75, 3.05) is 13.2 Å². The lowest BCUT2D eigenvalue weighted by molar-refractivity contribution is -0.167. The highest BCUT2D eigenvalue weighted by Gasteiger charge is 2.19. The van der Waals surface area contributed by atoms with Gasteiger partial charge in [0.1, 0.15) is 13.2 Å². The van der Waals surface area contributed by atoms with Crippen molar-refractivity contribution in [3.8, 4) is 0 Å². The van der Waals surface area contributed by atoms with Gasteiger partial charge in [-0.05, 0) is 70.6 Å². The van der Waals surface area contributed by atoms with Gasteiger partial charge in [-0.15, -0.1) is 0 Å². The second kappa shape index (κ2) is 52.5. The molecule has 0 aromatic rings. The Morgan fingerprint density at radius 1 is 0.328 bits per heavy atom. The third-order valence-corrected chi connectivity index (χ3v) is 11.5. The quantitative estimate of drug-likeness (QED) is 0.0262. The average molecular weight is 893 g/mol. The summed E-state index contributed by atoms with van der Waals surface area (Å²) in [6.07, 6.45) is 66.3. The van der Waals surface area contributed by atoms with Crippen molar-refractivity contribution in [1.29, 1.82) is 0 Å². The smallest absolute Gasteiger partial charge is 0.306 e. The molecule has 0 radical (unpaired) electrons. The van der Waals surface area contributed by atoms with Crippen molar-refractivity contribution in [2.45, 2.75) is 264 Å². The van der Waals surface area contributed by atoms with Gasteiger partial charge in [-0.25, -0.2) is 0 Å².